The summed E-state index contributed by atoms with van der Waals surface area (Å²) >= 11 is 19.8. The number of pyridine rings is 2. The Morgan fingerprint density at radius 1 is 0.630 bits per heavy atom. The van der Waals surface area contributed by atoms with Gasteiger partial charge >= 0.3 is 27.0 Å². The minimum Gasteiger partial charge on any atom is -0.397 e. The number of ether oxygens (including phenoxy) is 4. The molecule has 8 aromatic heterocycles. The summed E-state index contributed by atoms with van der Waals surface area (Å²) in [4.78, 5) is 87.8. The SMILES string of the molecule is C#C[C@@]12COP(O)(=S)O[C@@H]3[C@@H](F)[C@@H](COP(=O)(S)O[C@H]1C[C@H](n1cnc4c(N)ccnc41)O2)O[C@H]3n1nnc2c(=O)[nH]c(N)nc21.C#C[C@@]12COP(O)(=S)O[C@@H]3[C@@H](F)[C@@H](COP(O)(=S)O[C@H]1C[C@H](n1cnc4c(N)ccnc41)O2)O[C@H]3n1nnc2c(=O)[nH]c(N)nc21. The Kier molecular flexibility index (Phi) is 16.8. The maximum atomic E-state index is 15.9. The summed E-state index contributed by atoms with van der Waals surface area (Å²) in [6.45, 7) is -20.0. The van der Waals surface area contributed by atoms with Crippen LogP contribution in [-0.4, -0.2) is 180 Å². The van der Waals surface area contributed by atoms with Gasteiger partial charge in [-0.1, -0.05) is 34.5 Å². The minimum absolute atomic E-state index is 0.0298. The molecule has 8 aromatic rings. The lowest BCUT2D eigenvalue weighted by Crippen LogP contribution is -2.43. The standard InChI is InChI=1S/2C22H23FN10O9P2S2/c2*1-2-22-7-38-44(36,46)42-16-13(23)10(39-20(16)33-18-15(30-31-33)19(34)29-21(25)28-18)6-37-43(35,45)41-11(22)5-12(40-22)32-8-27-14-9(24)3-4-26-17(14)32/h2*1,3-4,8,10-13,16,20H,5-7H2,(H2,24,26)(H,35,45)(H,36,46)(H3,25,28,29,34)/t2*10-,11+,12-,13+,16-,20-,22-,43?,44?/m11/s1. The lowest BCUT2D eigenvalue weighted by Gasteiger charge is -2.32. The second kappa shape index (κ2) is 24.0. The molecule has 0 radical (unpaired) electrons. The first-order chi connectivity index (χ1) is 43.6. The van der Waals surface area contributed by atoms with Crippen molar-refractivity contribution < 1.29 is 83.2 Å². The molecule has 0 aliphatic carbocycles. The monoisotopic (exact) mass is 1430 g/mol. The first-order valence-corrected chi connectivity index (χ1v) is 36.9. The average Bonchev–Trinajstić information content (AvgIpc) is 1.62. The zero-order valence-electron chi connectivity index (χ0n) is 46.0. The summed E-state index contributed by atoms with van der Waals surface area (Å²) in [5, 5.41) is 15.2. The molecule has 18 atom stereocenters. The van der Waals surface area contributed by atoms with Crippen molar-refractivity contribution in [3.05, 3.63) is 57.9 Å². The lowest BCUT2D eigenvalue weighted by atomic mass is 9.99. The number of nitrogens with two attached hydrogens (primary N) is 4. The van der Waals surface area contributed by atoms with Crippen molar-refractivity contribution >= 4 is 143 Å². The average molecular weight is 1430 g/mol. The number of anilines is 4. The zero-order valence-corrected chi connectivity index (χ0v) is 53.0. The highest BCUT2D eigenvalue weighted by atomic mass is 32.7. The maximum absolute atomic E-state index is 15.9. The van der Waals surface area contributed by atoms with E-state index < -0.39 is 150 Å². The largest absolute Gasteiger partial charge is 0.397 e. The van der Waals surface area contributed by atoms with E-state index in [1.807, 2.05) is 0 Å². The fraction of sp³-hybridized carbons (Fsp3) is 0.455. The number of rotatable bonds is 4. The zero-order chi connectivity index (χ0) is 65.2. The van der Waals surface area contributed by atoms with Crippen LogP contribution in [0.5, 0.6) is 0 Å². The highest BCUT2D eigenvalue weighted by Gasteiger charge is 2.58. The fourth-order valence-electron chi connectivity index (χ4n) is 10.8. The molecule has 6 fully saturated rings. The van der Waals surface area contributed by atoms with E-state index in [9.17, 15) is 28.8 Å². The molecule has 0 aromatic carbocycles. The molecular weight excluding hydrogens is 1390 g/mol. The number of terminal acetylenes is 2. The molecule has 48 heteroatoms. The topological polar surface area (TPSA) is 507 Å². The maximum Gasteiger partial charge on any atom is 0.386 e. The number of thiol groups is 1. The van der Waals surface area contributed by atoms with Gasteiger partial charge in [0.15, 0.2) is 69.6 Å². The molecule has 38 nitrogen and oxygen atoms in total. The quantitative estimate of drug-likeness (QED) is 0.0656. The normalized spacial score (nSPS) is 36.9. The molecular formula is C44H46F2N20O18P4S4. The van der Waals surface area contributed by atoms with Crippen LogP contribution in [-0.2, 0) is 95.1 Å². The molecule has 488 valence electrons. The van der Waals surface area contributed by atoms with Gasteiger partial charge in [-0.25, -0.2) is 33.3 Å². The predicted molar refractivity (Wildman–Crippen MR) is 324 cm³/mol. The Hall–Kier alpha value is -6.09. The molecule has 4 unspecified atom stereocenters. The Labute approximate surface area is 532 Å². The Morgan fingerprint density at radius 2 is 1.05 bits per heavy atom. The third-order valence-electron chi connectivity index (χ3n) is 15.1. The van der Waals surface area contributed by atoms with Crippen LogP contribution >= 0.6 is 39.2 Å². The van der Waals surface area contributed by atoms with Crippen molar-refractivity contribution in [3.63, 3.8) is 0 Å². The molecule has 13 N–H and O–H groups in total. The van der Waals surface area contributed by atoms with E-state index >= 15 is 8.78 Å². The molecule has 0 amide bonds. The van der Waals surface area contributed by atoms with Crippen molar-refractivity contribution in [3.8, 4) is 24.7 Å². The summed E-state index contributed by atoms with van der Waals surface area (Å²) < 4.78 is 120. The lowest BCUT2D eigenvalue weighted by molar-refractivity contribution is -0.0903. The number of fused-ring (bicyclic) bond motifs is 10. The van der Waals surface area contributed by atoms with Gasteiger partial charge in [-0.2, -0.15) is 19.3 Å². The van der Waals surface area contributed by atoms with Crippen molar-refractivity contribution in [2.75, 3.05) is 49.4 Å². The highest BCUT2D eigenvalue weighted by Crippen LogP contribution is 2.61. The molecule has 0 saturated carbocycles. The summed E-state index contributed by atoms with van der Waals surface area (Å²) in [5.41, 5.74) is 19.7. The third-order valence-corrected chi connectivity index (χ3v) is 21.4. The van der Waals surface area contributed by atoms with E-state index in [4.69, 9.17) is 126 Å². The second-order valence-corrected chi connectivity index (χ2v) is 32.1. The van der Waals surface area contributed by atoms with Crippen LogP contribution in [0.2, 0.25) is 0 Å². The van der Waals surface area contributed by atoms with Crippen molar-refractivity contribution in [2.45, 2.75) is 97.9 Å². The van der Waals surface area contributed by atoms with E-state index in [0.717, 1.165) is 9.36 Å². The van der Waals surface area contributed by atoms with Gasteiger partial charge in [0.2, 0.25) is 11.9 Å². The van der Waals surface area contributed by atoms with Crippen LogP contribution in [0.15, 0.2) is 46.8 Å². The van der Waals surface area contributed by atoms with E-state index in [-0.39, 0.29) is 47.1 Å². The van der Waals surface area contributed by atoms with Crippen LogP contribution in [0, 0.1) is 24.7 Å². The van der Waals surface area contributed by atoms with E-state index in [0.29, 0.717) is 33.7 Å². The van der Waals surface area contributed by atoms with Gasteiger partial charge in [-0.05, 0) is 47.6 Å². The van der Waals surface area contributed by atoms with Gasteiger partial charge in [-0.15, -0.1) is 23.0 Å². The Bertz CT molecular complexity index is 4410. The van der Waals surface area contributed by atoms with Gasteiger partial charge in [0.1, 0.15) is 60.1 Å². The molecule has 4 bridgehead atoms. The summed E-state index contributed by atoms with van der Waals surface area (Å²) in [6.07, 6.45) is -0.307. The number of hydrogen-bond donors (Lipinski definition) is 10. The van der Waals surface area contributed by atoms with Crippen LogP contribution in [0.25, 0.3) is 44.7 Å². The van der Waals surface area contributed by atoms with Crippen molar-refractivity contribution in [2.24, 2.45) is 0 Å². The molecule has 14 heterocycles. The number of H-pyrrole nitrogens is 2. The number of imidazole rings is 2. The predicted octanol–water partition coefficient (Wildman–Crippen LogP) is 0.623. The van der Waals surface area contributed by atoms with Crippen molar-refractivity contribution in [1.29, 1.82) is 0 Å². The molecule has 6 saturated heterocycles. The highest BCUT2D eigenvalue weighted by molar-refractivity contribution is 8.44. The number of alkyl halides is 2. The van der Waals surface area contributed by atoms with Gasteiger partial charge in [0.05, 0.1) is 50.5 Å². The molecule has 14 rings (SSSR count). The molecule has 6 aliphatic heterocycles. The Morgan fingerprint density at radius 3 is 1.50 bits per heavy atom. The first kappa shape index (κ1) is 64.6. The molecule has 0 spiro atoms. The fourth-order valence-corrected chi connectivity index (χ4v) is 16.6. The number of nitrogens with zero attached hydrogens (tertiary/aromatic N) is 14. The number of nitrogen functional groups attached to an aromatic ring is 4. The smallest absolute Gasteiger partial charge is 0.386 e. The minimum atomic E-state index is -4.39. The summed E-state index contributed by atoms with van der Waals surface area (Å²) in [7, 11) is 0. The Balaban J connectivity index is 0.000000168. The van der Waals surface area contributed by atoms with Crippen LogP contribution in [0.1, 0.15) is 37.8 Å². The summed E-state index contributed by atoms with van der Waals surface area (Å²) in [5.74, 6) is 4.34. The van der Waals surface area contributed by atoms with Gasteiger partial charge in [0.25, 0.3) is 11.1 Å². The number of aromatic amines is 2. The number of aromatic nitrogens is 16. The van der Waals surface area contributed by atoms with Gasteiger partial charge in [-0.3, -0.25) is 46.8 Å². The molecule has 6 aliphatic rings. The van der Waals surface area contributed by atoms with Crippen molar-refractivity contribution in [1.82, 2.24) is 79.0 Å². The van der Waals surface area contributed by atoms with E-state index in [1.54, 1.807) is 21.3 Å². The second-order valence-electron chi connectivity index (χ2n) is 20.8. The van der Waals surface area contributed by atoms with Gasteiger partial charge < -0.3 is 74.7 Å². The number of nitrogens with one attached hydrogen (secondary N) is 2. The first-order valence-electron chi connectivity index (χ1n) is 26.5. The molecule has 92 heavy (non-hydrogen) atoms. The van der Waals surface area contributed by atoms with E-state index in [1.165, 1.54) is 25.0 Å². The number of halogens is 2. The summed E-state index contributed by atoms with van der Waals surface area (Å²) in [6, 6.07) is 3.16. The van der Waals surface area contributed by atoms with Crippen LogP contribution in [0.4, 0.5) is 32.1 Å². The van der Waals surface area contributed by atoms with E-state index in [2.05, 4.69) is 84.6 Å². The number of hydrogen-bond acceptors (Lipinski definition) is 32. The van der Waals surface area contributed by atoms with Gasteiger partial charge in [0, 0.05) is 25.2 Å². The van der Waals surface area contributed by atoms with Crippen LogP contribution < -0.4 is 34.1 Å². The third kappa shape index (κ3) is 11.9. The van der Waals surface area contributed by atoms with Crippen LogP contribution in [0.3, 0.4) is 0 Å².